The predicted molar refractivity (Wildman–Crippen MR) is 111 cm³/mol. The minimum Gasteiger partial charge on any atom is -0.355 e. The van der Waals surface area contributed by atoms with Crippen molar-refractivity contribution in [3.63, 3.8) is 0 Å². The normalized spacial score (nSPS) is 17.6. The van der Waals surface area contributed by atoms with E-state index >= 15 is 0 Å². The number of nitrogens with zero attached hydrogens (tertiary/aromatic N) is 3. The quantitative estimate of drug-likeness (QED) is 0.673. The number of ketones is 1. The van der Waals surface area contributed by atoms with Crippen LogP contribution in [0, 0.1) is 5.92 Å². The van der Waals surface area contributed by atoms with Crippen LogP contribution in [0.5, 0.6) is 0 Å². The molecular formula is C23H26N4O2. The highest BCUT2D eigenvalue weighted by Gasteiger charge is 2.24. The van der Waals surface area contributed by atoms with Crippen molar-refractivity contribution in [1.82, 2.24) is 19.9 Å². The van der Waals surface area contributed by atoms with E-state index in [1.165, 1.54) is 5.56 Å². The van der Waals surface area contributed by atoms with E-state index in [-0.39, 0.29) is 17.7 Å². The van der Waals surface area contributed by atoms with Crippen LogP contribution in [0.15, 0.2) is 48.7 Å². The Morgan fingerprint density at radius 1 is 1.21 bits per heavy atom. The van der Waals surface area contributed by atoms with E-state index in [9.17, 15) is 9.59 Å². The topological polar surface area (TPSA) is 76.4 Å². The van der Waals surface area contributed by atoms with Crippen LogP contribution in [0.3, 0.4) is 0 Å². The summed E-state index contributed by atoms with van der Waals surface area (Å²) in [4.78, 5) is 24.4. The molecule has 1 aromatic carbocycles. The van der Waals surface area contributed by atoms with E-state index in [1.807, 2.05) is 60.0 Å². The van der Waals surface area contributed by atoms with Crippen molar-refractivity contribution in [2.24, 2.45) is 5.92 Å². The van der Waals surface area contributed by atoms with Crippen LogP contribution in [0.2, 0.25) is 0 Å². The summed E-state index contributed by atoms with van der Waals surface area (Å²) in [6, 6.07) is 13.9. The third-order valence-corrected chi connectivity index (χ3v) is 5.82. The molecule has 2 atom stereocenters. The monoisotopic (exact) mass is 390 g/mol. The molecule has 1 N–H and O–H groups in total. The van der Waals surface area contributed by atoms with Gasteiger partial charge in [-0.3, -0.25) is 14.0 Å². The summed E-state index contributed by atoms with van der Waals surface area (Å²) in [5.41, 5.74) is 2.96. The number of fused-ring (bicyclic) bond motifs is 1. The van der Waals surface area contributed by atoms with Crippen molar-refractivity contribution in [3.8, 4) is 0 Å². The van der Waals surface area contributed by atoms with Gasteiger partial charge in [-0.2, -0.15) is 0 Å². The van der Waals surface area contributed by atoms with Crippen molar-refractivity contribution >= 4 is 17.3 Å². The third kappa shape index (κ3) is 4.36. The van der Waals surface area contributed by atoms with E-state index in [0.717, 1.165) is 42.7 Å². The molecule has 0 saturated heterocycles. The molecule has 3 aromatic rings. The Morgan fingerprint density at radius 3 is 2.79 bits per heavy atom. The second kappa shape index (κ2) is 8.55. The number of benzene rings is 1. The highest BCUT2D eigenvalue weighted by atomic mass is 16.1. The number of hydrogen-bond donors (Lipinski definition) is 1. The van der Waals surface area contributed by atoms with Crippen molar-refractivity contribution in [2.75, 3.05) is 6.54 Å². The molecular weight excluding hydrogens is 364 g/mol. The first-order chi connectivity index (χ1) is 14.1. The Morgan fingerprint density at radius 2 is 2.03 bits per heavy atom. The molecule has 29 heavy (non-hydrogen) atoms. The number of carbonyl (C=O) groups is 2. The lowest BCUT2D eigenvalue weighted by atomic mass is 9.94. The number of amides is 1. The molecule has 4 rings (SSSR count). The summed E-state index contributed by atoms with van der Waals surface area (Å²) in [5.74, 6) is 1.17. The SMILES string of the molecule is C[C@H](C(=O)NCCc1nnc2ccccn12)c1ccc(C[C@@H]2CCCC2=O)cc1. The van der Waals surface area contributed by atoms with Gasteiger partial charge < -0.3 is 5.32 Å². The first-order valence-corrected chi connectivity index (χ1v) is 10.3. The van der Waals surface area contributed by atoms with E-state index in [4.69, 9.17) is 0 Å². The molecule has 2 aromatic heterocycles. The summed E-state index contributed by atoms with van der Waals surface area (Å²) < 4.78 is 1.93. The maximum atomic E-state index is 12.5. The minimum absolute atomic E-state index is 0.00228. The van der Waals surface area contributed by atoms with Gasteiger partial charge in [0.15, 0.2) is 5.65 Å². The number of aromatic nitrogens is 3. The fraction of sp³-hybridized carbons (Fsp3) is 0.391. The molecule has 1 fully saturated rings. The van der Waals surface area contributed by atoms with Crippen molar-refractivity contribution in [2.45, 2.75) is 44.9 Å². The largest absolute Gasteiger partial charge is 0.355 e. The molecule has 1 amide bonds. The minimum atomic E-state index is -0.229. The van der Waals surface area contributed by atoms with Gasteiger partial charge >= 0.3 is 0 Å². The van der Waals surface area contributed by atoms with Gasteiger partial charge in [0.2, 0.25) is 5.91 Å². The molecule has 150 valence electrons. The Hall–Kier alpha value is -3.02. The third-order valence-electron chi connectivity index (χ3n) is 5.82. The lowest BCUT2D eigenvalue weighted by Gasteiger charge is -2.14. The Kier molecular flexibility index (Phi) is 5.69. The predicted octanol–water partition coefficient (Wildman–Crippen LogP) is 3.10. The number of hydrogen-bond acceptors (Lipinski definition) is 4. The van der Waals surface area contributed by atoms with Gasteiger partial charge in [0.05, 0.1) is 5.92 Å². The summed E-state index contributed by atoms with van der Waals surface area (Å²) in [5, 5.41) is 11.3. The van der Waals surface area contributed by atoms with E-state index < -0.39 is 0 Å². The van der Waals surface area contributed by atoms with Crippen LogP contribution >= 0.6 is 0 Å². The molecule has 6 nitrogen and oxygen atoms in total. The zero-order valence-corrected chi connectivity index (χ0v) is 16.7. The number of rotatable bonds is 7. The molecule has 2 heterocycles. The lowest BCUT2D eigenvalue weighted by Crippen LogP contribution is -2.30. The zero-order valence-electron chi connectivity index (χ0n) is 16.7. The number of carbonyl (C=O) groups excluding carboxylic acids is 2. The van der Waals surface area contributed by atoms with E-state index in [2.05, 4.69) is 15.5 Å². The molecule has 0 bridgehead atoms. The molecule has 0 unspecified atom stereocenters. The first-order valence-electron chi connectivity index (χ1n) is 10.3. The van der Waals surface area contributed by atoms with Crippen LogP contribution in [0.1, 0.15) is 49.1 Å². The van der Waals surface area contributed by atoms with Crippen molar-refractivity contribution in [1.29, 1.82) is 0 Å². The average molecular weight is 390 g/mol. The van der Waals surface area contributed by atoms with Gasteiger partial charge in [-0.15, -0.1) is 10.2 Å². The van der Waals surface area contributed by atoms with Crippen molar-refractivity contribution in [3.05, 3.63) is 65.6 Å². The summed E-state index contributed by atoms with van der Waals surface area (Å²) in [6.07, 6.45) is 6.11. The molecule has 6 heteroatoms. The molecule has 0 spiro atoms. The van der Waals surface area contributed by atoms with Crippen LogP contribution < -0.4 is 5.32 Å². The summed E-state index contributed by atoms with van der Waals surface area (Å²) >= 11 is 0. The maximum absolute atomic E-state index is 12.5. The van der Waals surface area contributed by atoms with E-state index in [0.29, 0.717) is 18.7 Å². The smallest absolute Gasteiger partial charge is 0.227 e. The highest BCUT2D eigenvalue weighted by Crippen LogP contribution is 2.26. The standard InChI is InChI=1S/C23H26N4O2/c1-16(18-10-8-17(9-11-18)15-19-5-4-6-20(19)28)23(29)24-13-12-22-26-25-21-7-2-3-14-27(21)22/h2-3,7-11,14,16,19H,4-6,12-13,15H2,1H3,(H,24,29)/t16-,19-/m0/s1. The second-order valence-corrected chi connectivity index (χ2v) is 7.81. The first kappa shape index (κ1) is 19.3. The lowest BCUT2D eigenvalue weighted by molar-refractivity contribution is -0.122. The van der Waals surface area contributed by atoms with Crippen LogP contribution in [-0.4, -0.2) is 32.8 Å². The Bertz CT molecular complexity index is 1010. The van der Waals surface area contributed by atoms with Crippen LogP contribution in [0.25, 0.3) is 5.65 Å². The fourth-order valence-corrected chi connectivity index (χ4v) is 3.99. The zero-order chi connectivity index (χ0) is 20.2. The Balaban J connectivity index is 1.30. The number of nitrogens with one attached hydrogen (secondary N) is 1. The highest BCUT2D eigenvalue weighted by molar-refractivity contribution is 5.83. The van der Waals surface area contributed by atoms with Gasteiger partial charge in [-0.25, -0.2) is 0 Å². The van der Waals surface area contributed by atoms with Crippen LogP contribution in [-0.2, 0) is 22.4 Å². The summed E-state index contributed by atoms with van der Waals surface area (Å²) in [6.45, 7) is 2.43. The molecule has 1 saturated carbocycles. The average Bonchev–Trinajstić information content (AvgIpc) is 3.34. The second-order valence-electron chi connectivity index (χ2n) is 7.81. The summed E-state index contributed by atoms with van der Waals surface area (Å²) in [7, 11) is 0. The van der Waals surface area contributed by atoms with Gasteiger partial charge in [-0.05, 0) is 49.4 Å². The molecule has 1 aliphatic carbocycles. The maximum Gasteiger partial charge on any atom is 0.227 e. The number of pyridine rings is 1. The van der Waals surface area contributed by atoms with Gasteiger partial charge in [0.1, 0.15) is 11.6 Å². The van der Waals surface area contributed by atoms with E-state index in [1.54, 1.807) is 0 Å². The van der Waals surface area contributed by atoms with Gasteiger partial charge in [0, 0.05) is 31.5 Å². The molecule has 0 radical (unpaired) electrons. The Labute approximate surface area is 170 Å². The number of Topliss-reactive ketones (excluding diaryl/α,β-unsaturated/α-hetero) is 1. The fourth-order valence-electron chi connectivity index (χ4n) is 3.99. The van der Waals surface area contributed by atoms with Crippen molar-refractivity contribution < 1.29 is 9.59 Å². The molecule has 0 aliphatic heterocycles. The van der Waals surface area contributed by atoms with Gasteiger partial charge in [-0.1, -0.05) is 30.3 Å². The van der Waals surface area contributed by atoms with Gasteiger partial charge in [0.25, 0.3) is 0 Å². The molecule has 1 aliphatic rings. The van der Waals surface area contributed by atoms with Crippen LogP contribution in [0.4, 0.5) is 0 Å².